The van der Waals surface area contributed by atoms with Crippen molar-refractivity contribution in [2.24, 2.45) is 0 Å². The third-order valence-corrected chi connectivity index (χ3v) is 5.69. The number of amides is 1. The van der Waals surface area contributed by atoms with E-state index in [2.05, 4.69) is 10.4 Å². The van der Waals surface area contributed by atoms with E-state index in [0.29, 0.717) is 12.1 Å². The fourth-order valence-corrected chi connectivity index (χ4v) is 3.07. The molecule has 7 nitrogen and oxygen atoms in total. The zero-order valence-electron chi connectivity index (χ0n) is 15.0. The molecule has 8 heteroatoms. The molecule has 0 aliphatic heterocycles. The molecule has 1 amide bonds. The average Bonchev–Trinajstić information content (AvgIpc) is 2.85. The monoisotopic (exact) mass is 364 g/mol. The van der Waals surface area contributed by atoms with Crippen molar-refractivity contribution in [1.29, 1.82) is 0 Å². The number of benzene rings is 1. The van der Waals surface area contributed by atoms with Gasteiger partial charge in [0.15, 0.2) is 0 Å². The molecule has 0 radical (unpaired) electrons. The molecule has 0 saturated heterocycles. The van der Waals surface area contributed by atoms with E-state index < -0.39 is 10.0 Å². The van der Waals surface area contributed by atoms with Crippen LogP contribution in [0.15, 0.2) is 30.3 Å². The summed E-state index contributed by atoms with van der Waals surface area (Å²) >= 11 is 0. The molecule has 25 heavy (non-hydrogen) atoms. The van der Waals surface area contributed by atoms with Gasteiger partial charge in [0.2, 0.25) is 10.0 Å². The number of sulfonamides is 1. The predicted octanol–water partition coefficient (Wildman–Crippen LogP) is 1.17. The molecule has 0 fully saturated rings. The summed E-state index contributed by atoms with van der Waals surface area (Å²) in [5.41, 5.74) is 3.60. The van der Waals surface area contributed by atoms with Crippen molar-refractivity contribution in [3.63, 3.8) is 0 Å². The standard InChI is InChI=1S/C17H24N4O3S/c1-13-11-14(2)21(19-13)12-15-5-7-16(8-6-15)17(22)18-9-10-25(23,24)20(3)4/h5-8,11H,9-10,12H2,1-4H3,(H,18,22). The van der Waals surface area contributed by atoms with Crippen molar-refractivity contribution in [1.82, 2.24) is 19.4 Å². The fourth-order valence-electron chi connectivity index (χ4n) is 2.35. The molecule has 0 unspecified atom stereocenters. The molecule has 1 aromatic heterocycles. The van der Waals surface area contributed by atoms with Crippen LogP contribution >= 0.6 is 0 Å². The molecule has 0 aliphatic carbocycles. The zero-order valence-corrected chi connectivity index (χ0v) is 15.8. The summed E-state index contributed by atoms with van der Waals surface area (Å²) in [5, 5.41) is 7.05. The van der Waals surface area contributed by atoms with E-state index in [-0.39, 0.29) is 18.2 Å². The zero-order chi connectivity index (χ0) is 18.6. The van der Waals surface area contributed by atoms with Crippen molar-refractivity contribution >= 4 is 15.9 Å². The van der Waals surface area contributed by atoms with Crippen molar-refractivity contribution in [3.05, 3.63) is 52.8 Å². The Hall–Kier alpha value is -2.19. The molecule has 136 valence electrons. The maximum Gasteiger partial charge on any atom is 0.251 e. The van der Waals surface area contributed by atoms with E-state index in [0.717, 1.165) is 21.3 Å². The lowest BCUT2D eigenvalue weighted by Gasteiger charge is -2.11. The van der Waals surface area contributed by atoms with Crippen LogP contribution in [0.1, 0.15) is 27.3 Å². The van der Waals surface area contributed by atoms with Crippen molar-refractivity contribution in [2.45, 2.75) is 20.4 Å². The van der Waals surface area contributed by atoms with E-state index in [1.807, 2.05) is 36.7 Å². The lowest BCUT2D eigenvalue weighted by Crippen LogP contribution is -2.33. The number of aryl methyl sites for hydroxylation is 2. The highest BCUT2D eigenvalue weighted by Gasteiger charge is 2.14. The van der Waals surface area contributed by atoms with Crippen LogP contribution in [-0.2, 0) is 16.6 Å². The lowest BCUT2D eigenvalue weighted by atomic mass is 10.1. The van der Waals surface area contributed by atoms with Gasteiger partial charge in [0.25, 0.3) is 5.91 Å². The highest BCUT2D eigenvalue weighted by atomic mass is 32.2. The molecule has 0 bridgehead atoms. The first-order valence-corrected chi connectivity index (χ1v) is 9.58. The van der Waals surface area contributed by atoms with Crippen molar-refractivity contribution in [3.8, 4) is 0 Å². The van der Waals surface area contributed by atoms with Gasteiger partial charge in [-0.25, -0.2) is 12.7 Å². The third-order valence-electron chi connectivity index (χ3n) is 3.85. The normalized spacial score (nSPS) is 11.7. The number of carbonyl (C=O) groups excluding carboxylic acids is 1. The molecular formula is C17H24N4O3S. The van der Waals surface area contributed by atoms with Gasteiger partial charge in [0.05, 0.1) is 18.0 Å². The maximum absolute atomic E-state index is 12.1. The summed E-state index contributed by atoms with van der Waals surface area (Å²) in [5.74, 6) is -0.409. The Morgan fingerprint density at radius 3 is 2.36 bits per heavy atom. The first-order chi connectivity index (χ1) is 11.7. The second-order valence-corrected chi connectivity index (χ2v) is 8.44. The Labute approximate surface area is 148 Å². The third kappa shape index (κ3) is 5.14. The molecule has 0 saturated carbocycles. The van der Waals surface area contributed by atoms with Crippen LogP contribution in [0.2, 0.25) is 0 Å². The first-order valence-electron chi connectivity index (χ1n) is 7.97. The SMILES string of the molecule is Cc1cc(C)n(Cc2ccc(C(=O)NCCS(=O)(=O)N(C)C)cc2)n1. The maximum atomic E-state index is 12.1. The molecule has 0 atom stereocenters. The summed E-state index contributed by atoms with van der Waals surface area (Å²) in [6, 6.07) is 9.24. The van der Waals surface area contributed by atoms with E-state index in [1.165, 1.54) is 14.1 Å². The van der Waals surface area contributed by atoms with Crippen LogP contribution in [0.5, 0.6) is 0 Å². The van der Waals surface area contributed by atoms with Gasteiger partial charge in [-0.1, -0.05) is 12.1 Å². The van der Waals surface area contributed by atoms with Gasteiger partial charge >= 0.3 is 0 Å². The van der Waals surface area contributed by atoms with Crippen LogP contribution in [0.4, 0.5) is 0 Å². The number of nitrogens with zero attached hydrogens (tertiary/aromatic N) is 3. The Bertz CT molecular complexity index is 839. The molecule has 0 spiro atoms. The topological polar surface area (TPSA) is 84.3 Å². The number of aromatic nitrogens is 2. The largest absolute Gasteiger partial charge is 0.351 e. The van der Waals surface area contributed by atoms with Crippen LogP contribution in [0, 0.1) is 13.8 Å². The van der Waals surface area contributed by atoms with Gasteiger partial charge in [-0.2, -0.15) is 5.10 Å². The van der Waals surface area contributed by atoms with Crippen molar-refractivity contribution in [2.75, 3.05) is 26.4 Å². The van der Waals surface area contributed by atoms with E-state index in [1.54, 1.807) is 12.1 Å². The predicted molar refractivity (Wildman–Crippen MR) is 97.1 cm³/mol. The van der Waals surface area contributed by atoms with Crippen LogP contribution < -0.4 is 5.32 Å². The molecule has 1 aromatic carbocycles. The molecule has 1 N–H and O–H groups in total. The second-order valence-electron chi connectivity index (χ2n) is 6.14. The summed E-state index contributed by atoms with van der Waals surface area (Å²) in [6.07, 6.45) is 0. The summed E-state index contributed by atoms with van der Waals surface area (Å²) in [4.78, 5) is 12.1. The van der Waals surface area contributed by atoms with Gasteiger partial charge in [0, 0.05) is 31.9 Å². The molecule has 2 rings (SSSR count). The van der Waals surface area contributed by atoms with E-state index in [4.69, 9.17) is 0 Å². The quantitative estimate of drug-likeness (QED) is 0.799. The molecule has 1 heterocycles. The molecule has 2 aromatic rings. The molecular weight excluding hydrogens is 340 g/mol. The second kappa shape index (κ2) is 7.79. The van der Waals surface area contributed by atoms with Crippen LogP contribution in [0.3, 0.4) is 0 Å². The lowest BCUT2D eigenvalue weighted by molar-refractivity contribution is 0.0956. The minimum absolute atomic E-state index is 0.0762. The molecule has 0 aliphatic rings. The Morgan fingerprint density at radius 1 is 1.20 bits per heavy atom. The van der Waals surface area contributed by atoms with Gasteiger partial charge in [-0.05, 0) is 37.6 Å². The van der Waals surface area contributed by atoms with Gasteiger partial charge in [0.1, 0.15) is 0 Å². The fraction of sp³-hybridized carbons (Fsp3) is 0.412. The summed E-state index contributed by atoms with van der Waals surface area (Å²) in [6.45, 7) is 4.67. The van der Waals surface area contributed by atoms with E-state index >= 15 is 0 Å². The summed E-state index contributed by atoms with van der Waals surface area (Å²) in [7, 11) is -0.369. The average molecular weight is 364 g/mol. The number of nitrogens with one attached hydrogen (secondary N) is 1. The Kier molecular flexibility index (Phi) is 5.97. The highest BCUT2D eigenvalue weighted by Crippen LogP contribution is 2.09. The number of hydrogen-bond acceptors (Lipinski definition) is 4. The number of hydrogen-bond donors (Lipinski definition) is 1. The smallest absolute Gasteiger partial charge is 0.251 e. The van der Waals surface area contributed by atoms with Gasteiger partial charge in [-0.3, -0.25) is 9.48 Å². The van der Waals surface area contributed by atoms with Crippen molar-refractivity contribution < 1.29 is 13.2 Å². The minimum Gasteiger partial charge on any atom is -0.351 e. The minimum atomic E-state index is -3.31. The van der Waals surface area contributed by atoms with Crippen LogP contribution in [-0.4, -0.2) is 54.8 Å². The number of rotatable bonds is 7. The van der Waals surface area contributed by atoms with Crippen LogP contribution in [0.25, 0.3) is 0 Å². The number of carbonyl (C=O) groups is 1. The summed E-state index contributed by atoms with van der Waals surface area (Å²) < 4.78 is 26.4. The Morgan fingerprint density at radius 2 is 1.84 bits per heavy atom. The highest BCUT2D eigenvalue weighted by molar-refractivity contribution is 7.89. The Balaban J connectivity index is 1.93. The van der Waals surface area contributed by atoms with Gasteiger partial charge < -0.3 is 5.32 Å². The first kappa shape index (κ1) is 19.1. The van der Waals surface area contributed by atoms with Gasteiger partial charge in [-0.15, -0.1) is 0 Å². The van der Waals surface area contributed by atoms with E-state index in [9.17, 15) is 13.2 Å².